The highest BCUT2D eigenvalue weighted by Crippen LogP contribution is 2.39. The molecule has 0 bridgehead atoms. The van der Waals surface area contributed by atoms with Gasteiger partial charge in [0, 0.05) is 24.0 Å². The number of H-pyrrole nitrogens is 1. The Hall–Kier alpha value is -2.14. The van der Waals surface area contributed by atoms with E-state index in [0.29, 0.717) is 12.0 Å². The average Bonchev–Trinajstić information content (AvgIpc) is 3.10. The lowest BCUT2D eigenvalue weighted by Crippen LogP contribution is -2.46. The first-order chi connectivity index (χ1) is 13.3. The third kappa shape index (κ3) is 4.98. The van der Waals surface area contributed by atoms with Crippen molar-refractivity contribution in [3.05, 3.63) is 58.3 Å². The van der Waals surface area contributed by atoms with Gasteiger partial charge in [0.25, 0.3) is 0 Å². The third-order valence-electron chi connectivity index (χ3n) is 6.00. The van der Waals surface area contributed by atoms with Crippen LogP contribution in [0.5, 0.6) is 5.75 Å². The fraction of sp³-hybridized carbons (Fsp3) is 0.545. The first-order valence-electron chi connectivity index (χ1n) is 10.3. The molecule has 1 aliphatic heterocycles. The van der Waals surface area contributed by atoms with Crippen LogP contribution in [0.2, 0.25) is 0 Å². The van der Waals surface area contributed by atoms with Crippen LogP contribution in [0.1, 0.15) is 55.7 Å². The summed E-state index contributed by atoms with van der Waals surface area (Å²) in [6.45, 7) is 1.84. The Kier molecular flexibility index (Phi) is 5.87. The van der Waals surface area contributed by atoms with E-state index < -0.39 is 0 Å². The number of nitrogens with zero attached hydrogens (tertiary/aromatic N) is 1. The molecule has 1 saturated carbocycles. The molecule has 2 fully saturated rings. The van der Waals surface area contributed by atoms with Gasteiger partial charge in [-0.25, -0.2) is 0 Å². The molecular formula is C22H29N3O2. The van der Waals surface area contributed by atoms with E-state index in [-0.39, 0.29) is 5.56 Å². The molecule has 2 aromatic rings. The van der Waals surface area contributed by atoms with Gasteiger partial charge in [0.05, 0.1) is 6.20 Å². The molecule has 0 spiro atoms. The number of rotatable bonds is 8. The number of aromatic amines is 1. The van der Waals surface area contributed by atoms with Gasteiger partial charge in [0.1, 0.15) is 12.4 Å². The van der Waals surface area contributed by atoms with Crippen LogP contribution in [0.25, 0.3) is 0 Å². The van der Waals surface area contributed by atoms with Crippen molar-refractivity contribution in [1.82, 2.24) is 15.3 Å². The number of pyridine rings is 2. The van der Waals surface area contributed by atoms with Crippen molar-refractivity contribution in [1.29, 1.82) is 0 Å². The highest BCUT2D eigenvalue weighted by Gasteiger charge is 2.26. The van der Waals surface area contributed by atoms with Gasteiger partial charge in [-0.15, -0.1) is 0 Å². The van der Waals surface area contributed by atoms with E-state index in [2.05, 4.69) is 27.4 Å². The summed E-state index contributed by atoms with van der Waals surface area (Å²) in [7, 11) is 0. The quantitative estimate of drug-likeness (QED) is 0.750. The highest BCUT2D eigenvalue weighted by atomic mass is 16.5. The molecule has 1 aliphatic carbocycles. The molecule has 3 heterocycles. The van der Waals surface area contributed by atoms with Crippen LogP contribution < -0.4 is 15.6 Å². The maximum atomic E-state index is 11.5. The summed E-state index contributed by atoms with van der Waals surface area (Å²) in [5.41, 5.74) is 2.38. The number of ether oxygens (including phenoxy) is 1. The van der Waals surface area contributed by atoms with E-state index in [1.165, 1.54) is 44.1 Å². The molecule has 0 aromatic carbocycles. The zero-order valence-corrected chi connectivity index (χ0v) is 15.8. The van der Waals surface area contributed by atoms with Crippen LogP contribution >= 0.6 is 0 Å². The van der Waals surface area contributed by atoms with Crippen LogP contribution in [0, 0.1) is 5.92 Å². The first-order valence-corrected chi connectivity index (χ1v) is 10.3. The van der Waals surface area contributed by atoms with Gasteiger partial charge in [-0.1, -0.05) is 12.5 Å². The molecule has 1 saturated heterocycles. The van der Waals surface area contributed by atoms with E-state index >= 15 is 0 Å². The van der Waals surface area contributed by atoms with Gasteiger partial charge in [-0.2, -0.15) is 0 Å². The Labute approximate surface area is 160 Å². The molecular weight excluding hydrogens is 338 g/mol. The van der Waals surface area contributed by atoms with E-state index in [9.17, 15) is 4.79 Å². The van der Waals surface area contributed by atoms with Crippen LogP contribution in [-0.2, 0) is 6.42 Å². The maximum absolute atomic E-state index is 11.5. The van der Waals surface area contributed by atoms with Crippen LogP contribution in [0.15, 0.2) is 41.5 Å². The Morgan fingerprint density at radius 3 is 2.93 bits per heavy atom. The number of hydrogen-bond donors (Lipinski definition) is 2. The molecule has 5 nitrogen and oxygen atoms in total. The topological polar surface area (TPSA) is 67.0 Å². The minimum Gasteiger partial charge on any atom is -0.490 e. The molecule has 3 atom stereocenters. The van der Waals surface area contributed by atoms with Crippen LogP contribution in [0.4, 0.5) is 0 Å². The molecule has 4 rings (SSSR count). The average molecular weight is 367 g/mol. The summed E-state index contributed by atoms with van der Waals surface area (Å²) >= 11 is 0. The largest absolute Gasteiger partial charge is 0.490 e. The van der Waals surface area contributed by atoms with Crippen molar-refractivity contribution in [2.24, 2.45) is 5.92 Å². The standard InChI is InChI=1S/C22H29N3O2/c26-22-6-2-5-21(25-22)18-8-7-16(11-18)3-1-4-17-12-20(14-23-13-17)27-15-19-9-10-24-19/h2,5-6,12-14,16,18-19,24H,1,3-4,7-11,15H2,(H,25,26). The van der Waals surface area contributed by atoms with Crippen molar-refractivity contribution in [2.45, 2.75) is 56.9 Å². The van der Waals surface area contributed by atoms with Crippen molar-refractivity contribution < 1.29 is 4.74 Å². The molecule has 5 heteroatoms. The predicted octanol–water partition coefficient (Wildman–Crippen LogP) is 3.42. The first kappa shape index (κ1) is 18.2. The van der Waals surface area contributed by atoms with E-state index in [0.717, 1.165) is 36.9 Å². The lowest BCUT2D eigenvalue weighted by molar-refractivity contribution is 0.217. The zero-order valence-electron chi connectivity index (χ0n) is 15.8. The summed E-state index contributed by atoms with van der Waals surface area (Å²) in [5, 5.41) is 3.35. The summed E-state index contributed by atoms with van der Waals surface area (Å²) in [6, 6.07) is 8.15. The van der Waals surface area contributed by atoms with E-state index in [1.807, 2.05) is 18.5 Å². The molecule has 2 aromatic heterocycles. The second-order valence-electron chi connectivity index (χ2n) is 8.02. The Bertz CT molecular complexity index is 800. The Morgan fingerprint density at radius 1 is 1.19 bits per heavy atom. The summed E-state index contributed by atoms with van der Waals surface area (Å²) in [4.78, 5) is 18.9. The fourth-order valence-electron chi connectivity index (χ4n) is 4.28. The Balaban J connectivity index is 1.21. The summed E-state index contributed by atoms with van der Waals surface area (Å²) in [5.74, 6) is 2.16. The molecule has 27 heavy (non-hydrogen) atoms. The number of nitrogens with one attached hydrogen (secondary N) is 2. The number of aromatic nitrogens is 2. The lowest BCUT2D eigenvalue weighted by atomic mass is 9.96. The number of aryl methyl sites for hydroxylation is 1. The van der Waals surface area contributed by atoms with Crippen LogP contribution in [-0.4, -0.2) is 29.2 Å². The molecule has 0 radical (unpaired) electrons. The van der Waals surface area contributed by atoms with Crippen molar-refractivity contribution >= 4 is 0 Å². The van der Waals surface area contributed by atoms with Gasteiger partial charge in [0.2, 0.25) is 5.56 Å². The molecule has 0 amide bonds. The minimum atomic E-state index is 0.0126. The minimum absolute atomic E-state index is 0.0126. The maximum Gasteiger partial charge on any atom is 0.248 e. The van der Waals surface area contributed by atoms with Gasteiger partial charge in [-0.3, -0.25) is 9.78 Å². The molecule has 2 N–H and O–H groups in total. The SMILES string of the molecule is O=c1cccc(C2CCC(CCCc3cncc(OCC4CCN4)c3)C2)[nH]1. The summed E-state index contributed by atoms with van der Waals surface area (Å²) < 4.78 is 5.85. The zero-order chi connectivity index (χ0) is 18.5. The van der Waals surface area contributed by atoms with Gasteiger partial charge in [-0.05, 0) is 74.6 Å². The lowest BCUT2D eigenvalue weighted by Gasteiger charge is -2.27. The van der Waals surface area contributed by atoms with Crippen molar-refractivity contribution in [2.75, 3.05) is 13.2 Å². The van der Waals surface area contributed by atoms with Gasteiger partial charge < -0.3 is 15.0 Å². The normalized spacial score (nSPS) is 24.5. The monoisotopic (exact) mass is 367 g/mol. The fourth-order valence-corrected chi connectivity index (χ4v) is 4.28. The second-order valence-corrected chi connectivity index (χ2v) is 8.02. The van der Waals surface area contributed by atoms with Gasteiger partial charge >= 0.3 is 0 Å². The molecule has 144 valence electrons. The summed E-state index contributed by atoms with van der Waals surface area (Å²) in [6.07, 6.45) is 12.1. The van der Waals surface area contributed by atoms with E-state index in [1.54, 1.807) is 6.07 Å². The Morgan fingerprint density at radius 2 is 2.11 bits per heavy atom. The van der Waals surface area contributed by atoms with Gasteiger partial charge in [0.15, 0.2) is 0 Å². The van der Waals surface area contributed by atoms with Crippen molar-refractivity contribution in [3.63, 3.8) is 0 Å². The number of hydrogen-bond acceptors (Lipinski definition) is 4. The predicted molar refractivity (Wildman–Crippen MR) is 106 cm³/mol. The second kappa shape index (κ2) is 8.70. The van der Waals surface area contributed by atoms with Crippen molar-refractivity contribution in [3.8, 4) is 5.75 Å². The smallest absolute Gasteiger partial charge is 0.248 e. The molecule has 2 aliphatic rings. The highest BCUT2D eigenvalue weighted by molar-refractivity contribution is 5.23. The molecule has 3 unspecified atom stereocenters. The van der Waals surface area contributed by atoms with Crippen LogP contribution in [0.3, 0.4) is 0 Å². The van der Waals surface area contributed by atoms with E-state index in [4.69, 9.17) is 4.74 Å². The third-order valence-corrected chi connectivity index (χ3v) is 6.00.